The number of carbonyl (C=O) groups excluding carboxylic acids is 2. The van der Waals surface area contributed by atoms with Gasteiger partial charge in [-0.3, -0.25) is 9.78 Å². The van der Waals surface area contributed by atoms with Crippen LogP contribution in [0.2, 0.25) is 0 Å². The van der Waals surface area contributed by atoms with Crippen molar-refractivity contribution in [2.24, 2.45) is 0 Å². The van der Waals surface area contributed by atoms with E-state index in [1.807, 2.05) is 30.3 Å². The van der Waals surface area contributed by atoms with Crippen LogP contribution in [0, 0.1) is 0 Å². The smallest absolute Gasteiger partial charge is 0.323 e. The Morgan fingerprint density at radius 1 is 1.03 bits per heavy atom. The Labute approximate surface area is 186 Å². The Bertz CT molecular complexity index is 1180. The van der Waals surface area contributed by atoms with Crippen molar-refractivity contribution in [3.63, 3.8) is 0 Å². The van der Waals surface area contributed by atoms with Gasteiger partial charge < -0.3 is 9.62 Å². The lowest BCUT2D eigenvalue weighted by molar-refractivity contribution is -0.123. The molecule has 166 valence electrons. The molecule has 2 aromatic carbocycles. The predicted molar refractivity (Wildman–Crippen MR) is 118 cm³/mol. The fraction of sp³-hybridized carbons (Fsp3) is 0.227. The van der Waals surface area contributed by atoms with Crippen molar-refractivity contribution in [1.82, 2.24) is 9.88 Å². The summed E-state index contributed by atoms with van der Waals surface area (Å²) in [6, 6.07) is 14.5. The molecule has 3 aromatic rings. The van der Waals surface area contributed by atoms with Gasteiger partial charge in [0.05, 0.1) is 23.2 Å². The number of hydrogen-bond donors (Lipinski definition) is 1. The Kier molecular flexibility index (Phi) is 5.49. The third-order valence-electron chi connectivity index (χ3n) is 5.30. The summed E-state index contributed by atoms with van der Waals surface area (Å²) in [5.41, 5.74) is -3.40. The SMILES string of the molecule is CC1(C)C(=O)N(c2ccc(NSC(F)(F)F)cc2)C(=O)N1Cc1ccnc2ccccc12. The lowest BCUT2D eigenvalue weighted by Gasteiger charge is -2.28. The summed E-state index contributed by atoms with van der Waals surface area (Å²) in [5, 5.41) is 0.891. The number of anilines is 2. The van der Waals surface area contributed by atoms with Crippen LogP contribution in [-0.4, -0.2) is 32.9 Å². The zero-order chi connectivity index (χ0) is 23.1. The molecule has 1 saturated heterocycles. The standard InChI is InChI=1S/C22H19F3N4O2S/c1-21(2)19(30)29(16-9-7-15(8-10-16)27-32-22(23,24)25)20(31)28(21)13-14-11-12-26-18-6-4-3-5-17(14)18/h3-12,27H,13H2,1-2H3. The van der Waals surface area contributed by atoms with E-state index < -0.39 is 23.0 Å². The molecule has 1 N–H and O–H groups in total. The summed E-state index contributed by atoms with van der Waals surface area (Å²) in [6.45, 7) is 3.55. The Balaban J connectivity index is 1.59. The normalized spacial score (nSPS) is 16.2. The van der Waals surface area contributed by atoms with Gasteiger partial charge in [-0.1, -0.05) is 18.2 Å². The fourth-order valence-corrected chi connectivity index (χ4v) is 3.96. The molecule has 0 aliphatic carbocycles. The molecule has 0 radical (unpaired) electrons. The summed E-state index contributed by atoms with van der Waals surface area (Å²) in [6.07, 6.45) is 1.66. The van der Waals surface area contributed by atoms with Crippen LogP contribution in [0.1, 0.15) is 19.4 Å². The number of pyridine rings is 1. The summed E-state index contributed by atoms with van der Waals surface area (Å²) in [7, 11) is 0. The maximum Gasteiger partial charge on any atom is 0.461 e. The number of alkyl halides is 3. The number of aromatic nitrogens is 1. The summed E-state index contributed by atoms with van der Waals surface area (Å²) in [5.74, 6) is -0.411. The van der Waals surface area contributed by atoms with Gasteiger partial charge in [0.2, 0.25) is 0 Å². The number of nitrogens with zero attached hydrogens (tertiary/aromatic N) is 3. The molecule has 32 heavy (non-hydrogen) atoms. The Morgan fingerprint density at radius 3 is 2.41 bits per heavy atom. The van der Waals surface area contributed by atoms with Crippen molar-refractivity contribution in [2.45, 2.75) is 31.4 Å². The number of rotatable bonds is 5. The molecule has 0 spiro atoms. The van der Waals surface area contributed by atoms with Gasteiger partial charge in [0, 0.05) is 23.8 Å². The topological polar surface area (TPSA) is 65.5 Å². The third kappa shape index (κ3) is 4.10. The van der Waals surface area contributed by atoms with E-state index in [2.05, 4.69) is 9.71 Å². The molecule has 1 aliphatic heterocycles. The first kappa shape index (κ1) is 21.9. The summed E-state index contributed by atoms with van der Waals surface area (Å²) >= 11 is -0.383. The molecule has 0 atom stereocenters. The maximum absolute atomic E-state index is 13.3. The molecule has 10 heteroatoms. The number of para-hydroxylation sites is 1. The van der Waals surface area contributed by atoms with E-state index in [0.717, 1.165) is 21.4 Å². The van der Waals surface area contributed by atoms with Crippen molar-refractivity contribution in [3.8, 4) is 0 Å². The van der Waals surface area contributed by atoms with Crippen LogP contribution in [0.5, 0.6) is 0 Å². The second-order valence-corrected chi connectivity index (χ2v) is 8.62. The molecule has 0 saturated carbocycles. The van der Waals surface area contributed by atoms with E-state index in [0.29, 0.717) is 0 Å². The number of amides is 3. The third-order valence-corrected chi connectivity index (χ3v) is 5.87. The first-order valence-electron chi connectivity index (χ1n) is 9.67. The second kappa shape index (κ2) is 8.01. The highest BCUT2D eigenvalue weighted by Crippen LogP contribution is 2.36. The van der Waals surface area contributed by atoms with Gasteiger partial charge in [-0.05, 0) is 55.8 Å². The maximum atomic E-state index is 13.3. The molecule has 0 unspecified atom stereocenters. The van der Waals surface area contributed by atoms with E-state index in [1.165, 1.54) is 29.2 Å². The molecular weight excluding hydrogens is 441 g/mol. The second-order valence-electron chi connectivity index (χ2n) is 7.75. The van der Waals surface area contributed by atoms with Gasteiger partial charge >= 0.3 is 11.5 Å². The minimum Gasteiger partial charge on any atom is -0.323 e. The lowest BCUT2D eigenvalue weighted by atomic mass is 10.0. The van der Waals surface area contributed by atoms with E-state index in [9.17, 15) is 22.8 Å². The van der Waals surface area contributed by atoms with Gasteiger partial charge in [-0.2, -0.15) is 13.2 Å². The van der Waals surface area contributed by atoms with Crippen LogP contribution >= 0.6 is 11.9 Å². The number of hydrogen-bond acceptors (Lipinski definition) is 5. The average molecular weight is 460 g/mol. The van der Waals surface area contributed by atoms with Gasteiger partial charge in [-0.25, -0.2) is 9.69 Å². The molecular formula is C22H19F3N4O2S. The predicted octanol–water partition coefficient (Wildman–Crippen LogP) is 5.56. The zero-order valence-corrected chi connectivity index (χ0v) is 18.0. The van der Waals surface area contributed by atoms with Crippen LogP contribution < -0.4 is 9.62 Å². The van der Waals surface area contributed by atoms with Gasteiger partial charge in [-0.15, -0.1) is 0 Å². The number of fused-ring (bicyclic) bond motifs is 1. The van der Waals surface area contributed by atoms with Crippen LogP contribution in [0.25, 0.3) is 10.9 Å². The van der Waals surface area contributed by atoms with Gasteiger partial charge in [0.15, 0.2) is 0 Å². The summed E-state index contributed by atoms with van der Waals surface area (Å²) in [4.78, 5) is 33.3. The molecule has 6 nitrogen and oxygen atoms in total. The van der Waals surface area contributed by atoms with Crippen molar-refractivity contribution in [2.75, 3.05) is 9.62 Å². The van der Waals surface area contributed by atoms with Crippen molar-refractivity contribution >= 4 is 46.2 Å². The van der Waals surface area contributed by atoms with Crippen molar-refractivity contribution in [3.05, 3.63) is 66.4 Å². The minimum absolute atomic E-state index is 0.203. The molecule has 2 heterocycles. The number of imide groups is 1. The number of benzene rings is 2. The molecule has 1 aromatic heterocycles. The Hall–Kier alpha value is -3.27. The molecule has 3 amide bonds. The van der Waals surface area contributed by atoms with E-state index >= 15 is 0 Å². The molecule has 1 aliphatic rings. The van der Waals surface area contributed by atoms with Crippen molar-refractivity contribution in [1.29, 1.82) is 0 Å². The van der Waals surface area contributed by atoms with E-state index in [1.54, 1.807) is 20.0 Å². The Morgan fingerprint density at radius 2 is 1.72 bits per heavy atom. The van der Waals surface area contributed by atoms with Crippen LogP contribution in [0.3, 0.4) is 0 Å². The first-order chi connectivity index (χ1) is 15.1. The fourth-order valence-electron chi connectivity index (χ4n) is 3.59. The lowest BCUT2D eigenvalue weighted by Crippen LogP contribution is -2.43. The van der Waals surface area contributed by atoms with Crippen LogP contribution in [-0.2, 0) is 11.3 Å². The molecule has 0 bridgehead atoms. The zero-order valence-electron chi connectivity index (χ0n) is 17.2. The van der Waals surface area contributed by atoms with Crippen molar-refractivity contribution < 1.29 is 22.8 Å². The quantitative estimate of drug-likeness (QED) is 0.399. The molecule has 1 fully saturated rings. The number of carbonyl (C=O) groups is 2. The number of nitrogens with one attached hydrogen (secondary N) is 1. The highest BCUT2D eigenvalue weighted by atomic mass is 32.2. The number of halogens is 3. The van der Waals surface area contributed by atoms with E-state index in [-0.39, 0.29) is 29.9 Å². The summed E-state index contributed by atoms with van der Waals surface area (Å²) < 4.78 is 39.3. The molecule has 4 rings (SSSR count). The van der Waals surface area contributed by atoms with E-state index in [4.69, 9.17) is 0 Å². The van der Waals surface area contributed by atoms with Gasteiger partial charge in [0.25, 0.3) is 5.91 Å². The highest BCUT2D eigenvalue weighted by molar-refractivity contribution is 8.01. The van der Waals surface area contributed by atoms with Crippen LogP contribution in [0.4, 0.5) is 29.3 Å². The monoisotopic (exact) mass is 460 g/mol. The first-order valence-corrected chi connectivity index (χ1v) is 10.5. The average Bonchev–Trinajstić information content (AvgIpc) is 2.92. The largest absolute Gasteiger partial charge is 0.461 e. The van der Waals surface area contributed by atoms with Gasteiger partial charge in [0.1, 0.15) is 5.54 Å². The highest BCUT2D eigenvalue weighted by Gasteiger charge is 2.51. The number of urea groups is 1. The minimum atomic E-state index is -4.43. The van der Waals surface area contributed by atoms with Crippen LogP contribution in [0.15, 0.2) is 60.8 Å².